The molecule has 1 N–H and O–H groups in total. The molecular formula is C30H40N4O3S. The van der Waals surface area contributed by atoms with Gasteiger partial charge in [0.2, 0.25) is 11.8 Å². The van der Waals surface area contributed by atoms with E-state index in [0.717, 1.165) is 51.4 Å². The van der Waals surface area contributed by atoms with Crippen molar-refractivity contribution in [1.29, 1.82) is 0 Å². The van der Waals surface area contributed by atoms with Crippen molar-refractivity contribution in [2.24, 2.45) is 35.5 Å². The summed E-state index contributed by atoms with van der Waals surface area (Å²) >= 11 is 1.58. The molecule has 1 aromatic carbocycles. The monoisotopic (exact) mass is 536 g/mol. The summed E-state index contributed by atoms with van der Waals surface area (Å²) in [6, 6.07) is 8.50. The van der Waals surface area contributed by atoms with E-state index >= 15 is 0 Å². The van der Waals surface area contributed by atoms with Gasteiger partial charge in [-0.2, -0.15) is 4.37 Å². The van der Waals surface area contributed by atoms with Crippen molar-refractivity contribution in [3.05, 3.63) is 24.3 Å². The van der Waals surface area contributed by atoms with Crippen LogP contribution in [-0.4, -0.2) is 76.0 Å². The molecule has 2 saturated heterocycles. The van der Waals surface area contributed by atoms with Gasteiger partial charge >= 0.3 is 0 Å². The number of hydrogen-bond donors (Lipinski definition) is 1. The third-order valence-electron chi connectivity index (χ3n) is 10.9. The smallest absolute Gasteiger partial charge is 0.233 e. The summed E-state index contributed by atoms with van der Waals surface area (Å²) in [5.41, 5.74) is -0.752. The van der Waals surface area contributed by atoms with Crippen molar-refractivity contribution in [3.8, 4) is 0 Å². The second-order valence-electron chi connectivity index (χ2n) is 12.7. The predicted octanol–water partition coefficient (Wildman–Crippen LogP) is 4.01. The lowest BCUT2D eigenvalue weighted by Gasteiger charge is -2.40. The Bertz CT molecular complexity index is 1230. The van der Waals surface area contributed by atoms with Crippen LogP contribution in [0.25, 0.3) is 10.1 Å². The number of nitrogens with zero attached hydrogens (tertiary/aromatic N) is 4. The summed E-state index contributed by atoms with van der Waals surface area (Å²) in [7, 11) is 0. The van der Waals surface area contributed by atoms with Crippen LogP contribution in [0.5, 0.6) is 0 Å². The van der Waals surface area contributed by atoms with Crippen molar-refractivity contribution in [2.45, 2.75) is 57.5 Å². The second kappa shape index (κ2) is 9.56. The summed E-state index contributed by atoms with van der Waals surface area (Å²) in [5, 5.41) is 12.4. The summed E-state index contributed by atoms with van der Waals surface area (Å²) in [4.78, 5) is 33.7. The normalized spacial score (nSPS) is 37.5. The van der Waals surface area contributed by atoms with Crippen molar-refractivity contribution >= 4 is 39.3 Å². The minimum absolute atomic E-state index is 0.0208. The van der Waals surface area contributed by atoms with Gasteiger partial charge < -0.3 is 10.0 Å². The van der Waals surface area contributed by atoms with Gasteiger partial charge in [0.05, 0.1) is 22.1 Å². The van der Waals surface area contributed by atoms with E-state index in [1.807, 2.05) is 6.92 Å². The Balaban J connectivity index is 0.991. The maximum Gasteiger partial charge on any atom is 0.233 e. The van der Waals surface area contributed by atoms with E-state index in [2.05, 4.69) is 34.1 Å². The van der Waals surface area contributed by atoms with E-state index in [-0.39, 0.29) is 35.5 Å². The van der Waals surface area contributed by atoms with Gasteiger partial charge in [-0.15, -0.1) is 0 Å². The first-order chi connectivity index (χ1) is 18.5. The molecule has 3 heterocycles. The molecule has 0 radical (unpaired) electrons. The number of likely N-dealkylation sites (tertiary alicyclic amines) is 1. The zero-order valence-corrected chi connectivity index (χ0v) is 23.2. The number of anilines is 1. The molecule has 3 aliphatic carbocycles. The van der Waals surface area contributed by atoms with Crippen LogP contribution in [0.15, 0.2) is 24.3 Å². The number of amides is 2. The zero-order valence-electron chi connectivity index (χ0n) is 22.4. The summed E-state index contributed by atoms with van der Waals surface area (Å²) in [6.45, 7) is 7.69. The number of benzene rings is 1. The molecule has 1 aromatic heterocycles. The minimum atomic E-state index is -0.752. The molecule has 3 saturated carbocycles. The van der Waals surface area contributed by atoms with Gasteiger partial charge in [0, 0.05) is 50.6 Å². The number of rotatable bonds is 6. The molecule has 7 rings (SSSR count). The minimum Gasteiger partial charge on any atom is -0.390 e. The van der Waals surface area contributed by atoms with Gasteiger partial charge in [-0.25, -0.2) is 0 Å². The van der Waals surface area contributed by atoms with Crippen LogP contribution in [-0.2, 0) is 9.59 Å². The Morgan fingerprint density at radius 2 is 1.71 bits per heavy atom. The van der Waals surface area contributed by atoms with Gasteiger partial charge in [-0.05, 0) is 73.5 Å². The number of aliphatic hydroxyl groups is 1. The largest absolute Gasteiger partial charge is 0.390 e. The first kappa shape index (κ1) is 25.0. The van der Waals surface area contributed by atoms with Crippen LogP contribution in [0.1, 0.15) is 51.9 Å². The Kier molecular flexibility index (Phi) is 6.28. The lowest BCUT2D eigenvalue weighted by Crippen LogP contribution is -2.49. The van der Waals surface area contributed by atoms with Crippen LogP contribution in [0, 0.1) is 35.5 Å². The molecule has 2 amide bonds. The Morgan fingerprint density at radius 3 is 2.47 bits per heavy atom. The molecule has 0 unspecified atom stereocenters. The Labute approximate surface area is 229 Å². The number of carbonyl (C=O) groups excluding carboxylic acids is 2. The van der Waals surface area contributed by atoms with E-state index in [1.54, 1.807) is 16.4 Å². The molecule has 2 aliphatic heterocycles. The van der Waals surface area contributed by atoms with Crippen molar-refractivity contribution in [2.75, 3.05) is 44.2 Å². The van der Waals surface area contributed by atoms with Gasteiger partial charge in [-0.1, -0.05) is 31.9 Å². The Hall–Kier alpha value is -2.03. The van der Waals surface area contributed by atoms with Crippen LogP contribution in [0.4, 0.5) is 5.82 Å². The number of imide groups is 1. The van der Waals surface area contributed by atoms with Crippen LogP contribution < -0.4 is 4.90 Å². The molecule has 7 atom stereocenters. The highest BCUT2D eigenvalue weighted by Crippen LogP contribution is 2.61. The van der Waals surface area contributed by atoms with Gasteiger partial charge in [0.25, 0.3) is 0 Å². The summed E-state index contributed by atoms with van der Waals surface area (Å²) < 4.78 is 6.01. The highest BCUT2D eigenvalue weighted by atomic mass is 32.1. The highest BCUT2D eigenvalue weighted by Gasteiger charge is 2.67. The quantitative estimate of drug-likeness (QED) is 0.563. The zero-order chi connectivity index (χ0) is 26.0. The van der Waals surface area contributed by atoms with Gasteiger partial charge in [0.1, 0.15) is 5.82 Å². The number of aromatic nitrogens is 1. The third kappa shape index (κ3) is 3.93. The van der Waals surface area contributed by atoms with Gasteiger partial charge in [0.15, 0.2) is 0 Å². The lowest BCUT2D eigenvalue weighted by atomic mass is 9.71. The molecular weight excluding hydrogens is 496 g/mol. The first-order valence-corrected chi connectivity index (χ1v) is 15.6. The summed E-state index contributed by atoms with van der Waals surface area (Å²) in [6.07, 6.45) is 6.94. The number of piperazine rings is 1. The van der Waals surface area contributed by atoms with Crippen molar-refractivity contribution < 1.29 is 14.7 Å². The average Bonchev–Trinajstić information content (AvgIpc) is 3.68. The standard InChI is InChI=1S/C30H40N4O3S/c1-2-30(37)16-21-15-23(30)26-25(21)28(35)34(29(26)36)18-20-8-4-3-7-19(20)17-32-11-13-33(14-12-32)27-22-9-5-6-10-24(22)38-31-27/h5-6,9-10,19-21,23,25-26,37H,2-4,7-8,11-18H2,1H3/t19-,20-,21+,23-,25+,26-,30+/m0/s1. The Morgan fingerprint density at radius 1 is 1.00 bits per heavy atom. The average molecular weight is 537 g/mol. The molecule has 204 valence electrons. The summed E-state index contributed by atoms with van der Waals surface area (Å²) in [5.74, 6) is 1.84. The number of hydrogen-bond acceptors (Lipinski definition) is 7. The van der Waals surface area contributed by atoms with Crippen molar-refractivity contribution in [1.82, 2.24) is 14.2 Å². The maximum absolute atomic E-state index is 13.6. The SMILES string of the molecule is CC[C@@]1(O)C[C@H]2C[C@H]1[C@@H]1C(=O)N(C[C@@H]3CCCC[C@H]3CN3CCN(c4nsc5ccccc45)CC3)C(=O)[C@H]21. The van der Waals surface area contributed by atoms with E-state index in [1.165, 1.54) is 29.3 Å². The fourth-order valence-electron chi connectivity index (χ4n) is 8.84. The number of fused-ring (bicyclic) bond motifs is 6. The maximum atomic E-state index is 13.6. The van der Waals surface area contributed by atoms with E-state index in [4.69, 9.17) is 4.37 Å². The third-order valence-corrected chi connectivity index (χ3v) is 11.7. The topological polar surface area (TPSA) is 77.0 Å². The van der Waals surface area contributed by atoms with Crippen LogP contribution in [0.2, 0.25) is 0 Å². The predicted molar refractivity (Wildman–Crippen MR) is 149 cm³/mol. The lowest BCUT2D eigenvalue weighted by molar-refractivity contribution is -0.142. The van der Waals surface area contributed by atoms with Crippen LogP contribution >= 0.6 is 11.5 Å². The molecule has 0 spiro atoms. The molecule has 38 heavy (non-hydrogen) atoms. The molecule has 2 bridgehead atoms. The molecule has 8 heteroatoms. The van der Waals surface area contributed by atoms with E-state index in [0.29, 0.717) is 31.2 Å². The molecule has 7 nitrogen and oxygen atoms in total. The molecule has 5 fully saturated rings. The second-order valence-corrected chi connectivity index (χ2v) is 13.5. The fourth-order valence-corrected chi connectivity index (χ4v) is 9.64. The molecule has 2 aromatic rings. The van der Waals surface area contributed by atoms with E-state index in [9.17, 15) is 14.7 Å². The highest BCUT2D eigenvalue weighted by molar-refractivity contribution is 7.13. The fraction of sp³-hybridized carbons (Fsp3) is 0.700. The molecule has 5 aliphatic rings. The number of carbonyl (C=O) groups is 2. The van der Waals surface area contributed by atoms with Crippen molar-refractivity contribution in [3.63, 3.8) is 0 Å². The van der Waals surface area contributed by atoms with E-state index < -0.39 is 5.60 Å². The van der Waals surface area contributed by atoms with Gasteiger partial charge in [-0.3, -0.25) is 19.4 Å². The first-order valence-electron chi connectivity index (χ1n) is 14.9. The van der Waals surface area contributed by atoms with Crippen LogP contribution in [0.3, 0.4) is 0 Å².